The lowest BCUT2D eigenvalue weighted by Crippen LogP contribution is -2.65. The summed E-state index contributed by atoms with van der Waals surface area (Å²) in [6.45, 7) is 6.76. The molecular weight excluding hydrogens is 807 g/mol. The van der Waals surface area contributed by atoms with E-state index >= 15 is 0 Å². The first-order valence-electron chi connectivity index (χ1n) is 21.6. The minimum atomic E-state index is -1.84. The summed E-state index contributed by atoms with van der Waals surface area (Å²) in [5.41, 5.74) is -2.58. The highest BCUT2D eigenvalue weighted by Crippen LogP contribution is 2.55. The first-order chi connectivity index (χ1) is 29.3. The minimum Gasteiger partial charge on any atom is -0.394 e. The van der Waals surface area contributed by atoms with Gasteiger partial charge < -0.3 is 61.9 Å². The minimum absolute atomic E-state index is 0.0354. The molecule has 6 rings (SSSR count). The second-order valence-corrected chi connectivity index (χ2v) is 18.1. The average Bonchev–Trinajstić information content (AvgIpc) is 4.00. The van der Waals surface area contributed by atoms with Gasteiger partial charge in [0.15, 0.2) is 0 Å². The van der Waals surface area contributed by atoms with Gasteiger partial charge in [-0.3, -0.25) is 38.4 Å². The number of benzene rings is 1. The molecule has 0 radical (unpaired) electrons. The van der Waals surface area contributed by atoms with Gasteiger partial charge in [0.05, 0.1) is 19.8 Å². The number of hydrogen-bond acceptors (Lipinski definition) is 12. The monoisotopic (exact) mass is 867 g/mol. The summed E-state index contributed by atoms with van der Waals surface area (Å²) in [6.07, 6.45) is 1.22. The fourth-order valence-electron chi connectivity index (χ4n) is 9.69. The van der Waals surface area contributed by atoms with Crippen molar-refractivity contribution in [3.63, 3.8) is 0 Å². The quantitative estimate of drug-likeness (QED) is 0.147. The number of carbonyl (C=O) groups excluding carboxylic acids is 8. The summed E-state index contributed by atoms with van der Waals surface area (Å²) in [6, 6.07) is -2.22. The van der Waals surface area contributed by atoms with Crippen LogP contribution in [-0.2, 0) is 44.0 Å². The number of para-hydroxylation sites is 1. The lowest BCUT2D eigenvalue weighted by molar-refractivity contribution is -0.149. The number of hydrogen-bond donors (Lipinski definition) is 9. The molecule has 0 spiro atoms. The van der Waals surface area contributed by atoms with E-state index in [0.717, 1.165) is 4.90 Å². The van der Waals surface area contributed by atoms with Gasteiger partial charge in [0, 0.05) is 30.8 Å². The molecule has 20 nitrogen and oxygen atoms in total. The molecule has 62 heavy (non-hydrogen) atoms. The first kappa shape index (κ1) is 46.2. The molecule has 8 amide bonds. The Hall–Kier alpha value is -5.34. The molecule has 1 aromatic carbocycles. The van der Waals surface area contributed by atoms with Crippen molar-refractivity contribution in [1.82, 2.24) is 41.3 Å². The van der Waals surface area contributed by atoms with Crippen molar-refractivity contribution >= 4 is 52.9 Å². The van der Waals surface area contributed by atoms with E-state index in [1.54, 1.807) is 45.0 Å². The number of anilines is 1. The summed E-state index contributed by atoms with van der Waals surface area (Å²) >= 11 is 0. The number of nitrogens with zero attached hydrogens (tertiary/aromatic N) is 3. The summed E-state index contributed by atoms with van der Waals surface area (Å²) in [4.78, 5) is 116. The van der Waals surface area contributed by atoms with Crippen LogP contribution in [0.5, 0.6) is 0 Å². The fourth-order valence-corrected chi connectivity index (χ4v) is 9.69. The first-order valence-corrected chi connectivity index (χ1v) is 21.6. The van der Waals surface area contributed by atoms with Gasteiger partial charge in [-0.25, -0.2) is 0 Å². The van der Waals surface area contributed by atoms with Gasteiger partial charge in [0.2, 0.25) is 47.3 Å². The third-order valence-electron chi connectivity index (χ3n) is 12.8. The van der Waals surface area contributed by atoms with Crippen LogP contribution < -0.4 is 31.9 Å². The SMILES string of the molecule is CC(C)C[C@@H]1NC(=O)[C@@H]2CCCN2C(=O)[C@H](CO)NC(=O)CNC(=O)[C@@H]2C[C@@]3(O)c4ccccc4N[C@@]3(C)N2C(=O)[C@H](CC(C)C)NC(=O)[C@H](CO)NC(=O)[C@@H]2CCCN2C1=O. The Bertz CT molecular complexity index is 1950. The standard InChI is InChI=1S/C42H61N9O11/c1-22(2)16-26-38(59)49-14-8-13-31(49)37(58)47-28(20-52)34(55)45-27(17-23(3)4)40(61)51-32(18-42(62)24-10-6-7-11-25(24)48-41(42,51)5)35(56)43-19-33(54)44-29(21-53)39(60)50-15-9-12-30(50)36(57)46-26/h6-7,10-11,22-23,26-32,48,52-53,62H,8-9,12-21H2,1-5H3,(H,43,56)(H,44,54)(H,45,55)(H,46,57)(H,47,58)/t26-,27-,28-,29-,30-,31-,32-,41-,42+/m0/s1. The number of amides is 8. The van der Waals surface area contributed by atoms with Crippen LogP contribution in [0.25, 0.3) is 0 Å². The lowest BCUT2D eigenvalue weighted by atomic mass is 9.85. The van der Waals surface area contributed by atoms with Crippen LogP contribution in [0.4, 0.5) is 5.69 Å². The van der Waals surface area contributed by atoms with E-state index in [1.165, 1.54) is 9.80 Å². The second kappa shape index (κ2) is 18.6. The normalized spacial score (nSPS) is 32.8. The van der Waals surface area contributed by atoms with Crippen molar-refractivity contribution in [1.29, 1.82) is 0 Å². The molecule has 20 heteroatoms. The van der Waals surface area contributed by atoms with E-state index in [-0.39, 0.29) is 57.0 Å². The van der Waals surface area contributed by atoms with Gasteiger partial charge in [-0.1, -0.05) is 45.9 Å². The Labute approximate surface area is 360 Å². The van der Waals surface area contributed by atoms with Crippen LogP contribution in [-0.4, -0.2) is 158 Å². The van der Waals surface area contributed by atoms with Crippen LogP contribution in [0.15, 0.2) is 24.3 Å². The maximum Gasteiger partial charge on any atom is 0.248 e. The molecule has 0 saturated carbocycles. The molecule has 0 aromatic heterocycles. The molecule has 0 aliphatic carbocycles. The van der Waals surface area contributed by atoms with Gasteiger partial charge >= 0.3 is 0 Å². The second-order valence-electron chi connectivity index (χ2n) is 18.1. The van der Waals surface area contributed by atoms with Gasteiger partial charge in [0.1, 0.15) is 53.6 Å². The van der Waals surface area contributed by atoms with Crippen molar-refractivity contribution in [3.8, 4) is 0 Å². The summed E-state index contributed by atoms with van der Waals surface area (Å²) < 4.78 is 0. The molecule has 5 heterocycles. The number of rotatable bonds is 6. The van der Waals surface area contributed by atoms with Crippen molar-refractivity contribution in [2.24, 2.45) is 11.8 Å². The Kier molecular flexibility index (Phi) is 13.8. The average molecular weight is 868 g/mol. The van der Waals surface area contributed by atoms with E-state index in [9.17, 15) is 53.7 Å². The number of aliphatic hydroxyl groups excluding tert-OH is 2. The van der Waals surface area contributed by atoms with Gasteiger partial charge in [-0.2, -0.15) is 0 Å². The number of aliphatic hydroxyl groups is 3. The topological polar surface area (TPSA) is 279 Å². The third-order valence-corrected chi connectivity index (χ3v) is 12.8. The Morgan fingerprint density at radius 3 is 1.74 bits per heavy atom. The summed E-state index contributed by atoms with van der Waals surface area (Å²) in [7, 11) is 0. The van der Waals surface area contributed by atoms with E-state index in [2.05, 4.69) is 31.9 Å². The summed E-state index contributed by atoms with van der Waals surface area (Å²) in [5.74, 6) is -6.33. The van der Waals surface area contributed by atoms with Crippen LogP contribution in [0, 0.1) is 11.8 Å². The highest BCUT2D eigenvalue weighted by atomic mass is 16.3. The Morgan fingerprint density at radius 1 is 0.661 bits per heavy atom. The highest BCUT2D eigenvalue weighted by molar-refractivity contribution is 5.99. The number of fused-ring (bicyclic) bond motifs is 7. The Morgan fingerprint density at radius 2 is 1.18 bits per heavy atom. The van der Waals surface area contributed by atoms with Crippen molar-refractivity contribution in [2.75, 3.05) is 38.2 Å². The number of nitrogens with one attached hydrogen (secondary N) is 6. The predicted molar refractivity (Wildman–Crippen MR) is 221 cm³/mol. The van der Waals surface area contributed by atoms with E-state index in [0.29, 0.717) is 24.1 Å². The zero-order chi connectivity index (χ0) is 45.3. The van der Waals surface area contributed by atoms with E-state index < -0.39 is 121 Å². The molecule has 340 valence electrons. The van der Waals surface area contributed by atoms with Crippen molar-refractivity contribution < 1.29 is 53.7 Å². The molecule has 0 bridgehead atoms. The third kappa shape index (κ3) is 8.81. The Balaban J connectivity index is 1.37. The summed E-state index contributed by atoms with van der Waals surface area (Å²) in [5, 5.41) is 49.3. The molecule has 4 saturated heterocycles. The van der Waals surface area contributed by atoms with Crippen LogP contribution in [0.2, 0.25) is 0 Å². The van der Waals surface area contributed by atoms with Gasteiger partial charge in [-0.15, -0.1) is 0 Å². The van der Waals surface area contributed by atoms with E-state index in [1.807, 2.05) is 13.8 Å². The maximum absolute atomic E-state index is 15.0. The molecule has 1 aromatic rings. The van der Waals surface area contributed by atoms with E-state index in [4.69, 9.17) is 0 Å². The molecule has 4 fully saturated rings. The number of carbonyl (C=O) groups is 8. The predicted octanol–water partition coefficient (Wildman–Crippen LogP) is -2.26. The molecule has 5 aliphatic heterocycles. The molecule has 9 N–H and O–H groups in total. The zero-order valence-corrected chi connectivity index (χ0v) is 35.9. The molecule has 9 atom stereocenters. The lowest BCUT2D eigenvalue weighted by Gasteiger charge is -2.42. The van der Waals surface area contributed by atoms with Crippen LogP contribution >= 0.6 is 0 Å². The van der Waals surface area contributed by atoms with Crippen LogP contribution in [0.3, 0.4) is 0 Å². The van der Waals surface area contributed by atoms with Crippen LogP contribution in [0.1, 0.15) is 85.1 Å². The van der Waals surface area contributed by atoms with Crippen molar-refractivity contribution in [2.45, 2.75) is 133 Å². The molecular formula is C42H61N9O11. The van der Waals surface area contributed by atoms with Gasteiger partial charge in [-0.05, 0) is 63.4 Å². The smallest absolute Gasteiger partial charge is 0.248 e. The molecule has 0 unspecified atom stereocenters. The fraction of sp³-hybridized carbons (Fsp3) is 0.667. The largest absolute Gasteiger partial charge is 0.394 e. The maximum atomic E-state index is 15.0. The van der Waals surface area contributed by atoms with Crippen molar-refractivity contribution in [3.05, 3.63) is 29.8 Å². The highest BCUT2D eigenvalue weighted by Gasteiger charge is 2.68. The van der Waals surface area contributed by atoms with Gasteiger partial charge in [0.25, 0.3) is 0 Å². The zero-order valence-electron chi connectivity index (χ0n) is 35.9. The molecule has 5 aliphatic rings.